The molecule has 0 fully saturated rings. The second kappa shape index (κ2) is 17.6. The molecule has 46 heavy (non-hydrogen) atoms. The number of carboxylic acid groups (broad SMARTS) is 2. The molecule has 0 radical (unpaired) electrons. The van der Waals surface area contributed by atoms with E-state index >= 15 is 0 Å². The van der Waals surface area contributed by atoms with Crippen LogP contribution in [0.1, 0.15) is 43.4 Å². The van der Waals surface area contributed by atoms with Crippen molar-refractivity contribution >= 4 is 41.1 Å². The maximum atomic E-state index is 13.2. The van der Waals surface area contributed by atoms with Gasteiger partial charge in [-0.3, -0.25) is 19.7 Å². The fourth-order valence-corrected chi connectivity index (χ4v) is 4.55. The largest absolute Gasteiger partial charge is 0.481 e. The fraction of sp³-hybridized carbons (Fsp3) is 0.294. The minimum Gasteiger partial charge on any atom is -0.481 e. The molecular formula is C34H38N6O6. The zero-order valence-electron chi connectivity index (χ0n) is 25.7. The fourth-order valence-electron chi connectivity index (χ4n) is 4.55. The summed E-state index contributed by atoms with van der Waals surface area (Å²) in [7, 11) is 0. The van der Waals surface area contributed by atoms with E-state index in [1.807, 2.05) is 50.4 Å². The topological polar surface area (TPSA) is 193 Å². The second-order valence-electron chi connectivity index (χ2n) is 11.1. The Hall–Kier alpha value is -5.70. The van der Waals surface area contributed by atoms with Crippen LogP contribution in [0.15, 0.2) is 83.9 Å². The van der Waals surface area contributed by atoms with Crippen LogP contribution in [-0.2, 0) is 38.4 Å². The number of nitrogens with zero attached hydrogens (tertiary/aromatic N) is 2. The van der Waals surface area contributed by atoms with Gasteiger partial charge in [-0.05, 0) is 59.7 Å². The normalized spacial score (nSPS) is 12.3. The first-order valence-electron chi connectivity index (χ1n) is 14.8. The number of aryl methyl sites for hydroxylation is 1. The smallest absolute Gasteiger partial charge is 0.326 e. The van der Waals surface area contributed by atoms with E-state index in [9.17, 15) is 24.3 Å². The highest BCUT2D eigenvalue weighted by molar-refractivity contribution is 5.96. The number of benzene rings is 3. The van der Waals surface area contributed by atoms with Crippen LogP contribution in [0.5, 0.6) is 0 Å². The predicted molar refractivity (Wildman–Crippen MR) is 173 cm³/mol. The summed E-state index contributed by atoms with van der Waals surface area (Å²) in [6, 6.07) is 20.8. The van der Waals surface area contributed by atoms with Gasteiger partial charge in [0.05, 0.1) is 12.1 Å². The molecule has 3 aromatic carbocycles. The van der Waals surface area contributed by atoms with Crippen LogP contribution in [0.2, 0.25) is 0 Å². The van der Waals surface area contributed by atoms with Crippen molar-refractivity contribution in [3.05, 3.63) is 95.6 Å². The molecule has 0 heterocycles. The van der Waals surface area contributed by atoms with E-state index in [1.54, 1.807) is 48.5 Å². The molecule has 240 valence electrons. The molecule has 2 amide bonds. The molecule has 2 unspecified atom stereocenters. The summed E-state index contributed by atoms with van der Waals surface area (Å²) in [5, 5.41) is 38.6. The molecule has 0 saturated carbocycles. The van der Waals surface area contributed by atoms with Gasteiger partial charge >= 0.3 is 11.9 Å². The highest BCUT2D eigenvalue weighted by Crippen LogP contribution is 2.16. The van der Waals surface area contributed by atoms with Crippen molar-refractivity contribution in [3.8, 4) is 6.19 Å². The molecule has 0 aliphatic rings. The third-order valence-electron chi connectivity index (χ3n) is 6.82. The van der Waals surface area contributed by atoms with Crippen molar-refractivity contribution < 1.29 is 29.4 Å². The van der Waals surface area contributed by atoms with Gasteiger partial charge < -0.3 is 26.2 Å². The number of amides is 2. The number of hydrogen-bond acceptors (Lipinski definition) is 6. The number of para-hydroxylation sites is 1. The lowest BCUT2D eigenvalue weighted by Crippen LogP contribution is -2.52. The van der Waals surface area contributed by atoms with Gasteiger partial charge in [-0.15, -0.1) is 0 Å². The van der Waals surface area contributed by atoms with Crippen molar-refractivity contribution in [2.75, 3.05) is 5.32 Å². The lowest BCUT2D eigenvalue weighted by molar-refractivity contribution is -0.142. The summed E-state index contributed by atoms with van der Waals surface area (Å²) in [4.78, 5) is 53.4. The number of guanidine groups is 1. The molecule has 0 bridgehead atoms. The summed E-state index contributed by atoms with van der Waals surface area (Å²) in [6.45, 7) is 3.79. The van der Waals surface area contributed by atoms with Crippen molar-refractivity contribution in [3.63, 3.8) is 0 Å². The predicted octanol–water partition coefficient (Wildman–Crippen LogP) is 3.76. The first-order valence-corrected chi connectivity index (χ1v) is 14.8. The van der Waals surface area contributed by atoms with E-state index in [0.29, 0.717) is 29.7 Å². The Labute approximate surface area is 267 Å². The van der Waals surface area contributed by atoms with Crippen LogP contribution < -0.4 is 21.3 Å². The number of hydrogen-bond donors (Lipinski definition) is 6. The van der Waals surface area contributed by atoms with Gasteiger partial charge in [-0.1, -0.05) is 68.4 Å². The lowest BCUT2D eigenvalue weighted by atomic mass is 10.00. The molecule has 0 saturated heterocycles. The van der Waals surface area contributed by atoms with Crippen LogP contribution in [0.25, 0.3) is 0 Å². The van der Waals surface area contributed by atoms with Crippen molar-refractivity contribution in [2.45, 2.75) is 58.0 Å². The third kappa shape index (κ3) is 12.1. The summed E-state index contributed by atoms with van der Waals surface area (Å²) in [6.07, 6.45) is 2.50. The number of carbonyl (C=O) groups is 4. The Morgan fingerprint density at radius 2 is 1.46 bits per heavy atom. The molecule has 0 spiro atoms. The van der Waals surface area contributed by atoms with Gasteiger partial charge in [-0.25, -0.2) is 9.79 Å². The highest BCUT2D eigenvalue weighted by atomic mass is 16.4. The standard InChI is InChI=1S/C34H38N6O6/c1-22(2)18-28(32(44)40-29(33(45)46)19-24-10-8-23(9-11-24)14-17-31(42)43)39-30(41)20-25-12-15-27(16-13-25)38-34(36-21-35)37-26-6-4-3-5-7-26/h3-13,15-16,22,28-29H,14,17-20H2,1-2H3,(H,39,41)(H,40,44)(H,42,43)(H,45,46)(H2,36,37,38). The van der Waals surface area contributed by atoms with Gasteiger partial charge in [0.1, 0.15) is 12.1 Å². The molecule has 0 aliphatic heterocycles. The number of aliphatic imine (C=N–C) groups is 1. The molecule has 12 nitrogen and oxygen atoms in total. The number of carbonyl (C=O) groups excluding carboxylic acids is 2. The van der Waals surface area contributed by atoms with E-state index in [-0.39, 0.29) is 31.1 Å². The number of nitrogens with one attached hydrogen (secondary N) is 4. The molecule has 2 atom stereocenters. The van der Waals surface area contributed by atoms with E-state index in [4.69, 9.17) is 10.4 Å². The van der Waals surface area contributed by atoms with Gasteiger partial charge in [0, 0.05) is 18.5 Å². The molecule has 6 N–H and O–H groups in total. The number of rotatable bonds is 15. The van der Waals surface area contributed by atoms with Gasteiger partial charge in [0.2, 0.25) is 17.8 Å². The van der Waals surface area contributed by atoms with Crippen molar-refractivity contribution in [2.24, 2.45) is 10.9 Å². The summed E-state index contributed by atoms with van der Waals surface area (Å²) >= 11 is 0. The molecule has 3 rings (SSSR count). The first kappa shape index (κ1) is 34.8. The minimum atomic E-state index is -1.23. The van der Waals surface area contributed by atoms with E-state index < -0.39 is 35.8 Å². The minimum absolute atomic E-state index is 0.00915. The summed E-state index contributed by atoms with van der Waals surface area (Å²) < 4.78 is 0. The Bertz CT molecular complexity index is 1550. The Morgan fingerprint density at radius 1 is 0.826 bits per heavy atom. The van der Waals surface area contributed by atoms with Crippen LogP contribution in [0.3, 0.4) is 0 Å². The monoisotopic (exact) mass is 626 g/mol. The molecule has 12 heteroatoms. The summed E-state index contributed by atoms with van der Waals surface area (Å²) in [5.41, 5.74) is 3.43. The zero-order valence-corrected chi connectivity index (χ0v) is 25.7. The van der Waals surface area contributed by atoms with E-state index in [1.165, 1.54) is 0 Å². The van der Waals surface area contributed by atoms with E-state index in [0.717, 1.165) is 11.3 Å². The average molecular weight is 627 g/mol. The van der Waals surface area contributed by atoms with Crippen LogP contribution >= 0.6 is 0 Å². The Balaban J connectivity index is 1.62. The van der Waals surface area contributed by atoms with Crippen molar-refractivity contribution in [1.82, 2.24) is 16.0 Å². The average Bonchev–Trinajstić information content (AvgIpc) is 3.01. The lowest BCUT2D eigenvalue weighted by Gasteiger charge is -2.23. The number of aliphatic carboxylic acids is 2. The number of nitriles is 1. The van der Waals surface area contributed by atoms with Crippen LogP contribution in [0.4, 0.5) is 11.4 Å². The van der Waals surface area contributed by atoms with Gasteiger partial charge in [0.25, 0.3) is 0 Å². The second-order valence-corrected chi connectivity index (χ2v) is 11.1. The highest BCUT2D eigenvalue weighted by Gasteiger charge is 2.27. The van der Waals surface area contributed by atoms with Crippen molar-refractivity contribution in [1.29, 1.82) is 5.26 Å². The Kier molecular flexibility index (Phi) is 13.3. The van der Waals surface area contributed by atoms with Gasteiger partial charge in [0.15, 0.2) is 6.19 Å². The molecule has 0 aromatic heterocycles. The molecular weight excluding hydrogens is 588 g/mol. The quantitative estimate of drug-likeness (QED) is 0.0631. The third-order valence-corrected chi connectivity index (χ3v) is 6.82. The number of anilines is 1. The maximum Gasteiger partial charge on any atom is 0.326 e. The van der Waals surface area contributed by atoms with E-state index in [2.05, 4.69) is 26.3 Å². The SMILES string of the molecule is CC(C)CC(NC(=O)Cc1ccc(N=C(NC#N)Nc2ccccc2)cc1)C(=O)NC(Cc1ccc(CCC(=O)O)cc1)C(=O)O. The Morgan fingerprint density at radius 3 is 2.04 bits per heavy atom. The summed E-state index contributed by atoms with van der Waals surface area (Å²) in [5.74, 6) is -2.85. The molecule has 3 aromatic rings. The zero-order chi connectivity index (χ0) is 33.5. The number of carboxylic acids is 2. The van der Waals surface area contributed by atoms with Gasteiger partial charge in [-0.2, -0.15) is 5.26 Å². The molecule has 0 aliphatic carbocycles. The maximum absolute atomic E-state index is 13.2. The first-order chi connectivity index (χ1) is 22.0. The van der Waals surface area contributed by atoms with Crippen LogP contribution in [-0.4, -0.2) is 52.0 Å². The van der Waals surface area contributed by atoms with Crippen LogP contribution in [0, 0.1) is 17.4 Å².